The van der Waals surface area contributed by atoms with E-state index in [1.54, 1.807) is 0 Å². The van der Waals surface area contributed by atoms with E-state index < -0.39 is 0 Å². The van der Waals surface area contributed by atoms with E-state index in [2.05, 4.69) is 69.2 Å². The Labute approximate surface area is 125 Å². The normalized spacial score (nSPS) is 12.1. The van der Waals surface area contributed by atoms with E-state index in [1.807, 2.05) is 0 Å². The van der Waals surface area contributed by atoms with Crippen LogP contribution in [0.2, 0.25) is 0 Å². The molecule has 1 rings (SSSR count). The molecule has 0 saturated carbocycles. The van der Waals surface area contributed by atoms with Crippen molar-refractivity contribution < 1.29 is 0 Å². The molecule has 1 N–H and O–H groups in total. The van der Waals surface area contributed by atoms with Crippen LogP contribution >= 0.6 is 0 Å². The zero-order valence-electron chi connectivity index (χ0n) is 14.0. The summed E-state index contributed by atoms with van der Waals surface area (Å²) in [6, 6.07) is 8.84. The van der Waals surface area contributed by atoms with Gasteiger partial charge < -0.3 is 10.2 Å². The van der Waals surface area contributed by atoms with Gasteiger partial charge in [0.05, 0.1) is 0 Å². The number of nitrogens with one attached hydrogen (secondary N) is 1. The van der Waals surface area contributed by atoms with E-state index in [9.17, 15) is 0 Å². The highest BCUT2D eigenvalue weighted by Gasteiger charge is 2.27. The maximum atomic E-state index is 3.54. The fourth-order valence-electron chi connectivity index (χ4n) is 2.92. The predicted octanol–water partition coefficient (Wildman–Crippen LogP) is 3.84. The van der Waals surface area contributed by atoms with Crippen molar-refractivity contribution in [3.05, 3.63) is 35.4 Å². The minimum atomic E-state index is 0.397. The average Bonchev–Trinajstić information content (AvgIpc) is 2.43. The Morgan fingerprint density at radius 3 is 2.40 bits per heavy atom. The van der Waals surface area contributed by atoms with Crippen molar-refractivity contribution in [1.29, 1.82) is 0 Å². The molecule has 114 valence electrons. The van der Waals surface area contributed by atoms with Gasteiger partial charge in [0.25, 0.3) is 0 Å². The lowest BCUT2D eigenvalue weighted by atomic mass is 9.81. The van der Waals surface area contributed by atoms with Crippen LogP contribution in [0.25, 0.3) is 0 Å². The van der Waals surface area contributed by atoms with Crippen LogP contribution in [-0.2, 0) is 6.54 Å². The Hall–Kier alpha value is -0.860. The van der Waals surface area contributed by atoms with Crippen molar-refractivity contribution >= 4 is 0 Å². The quantitative estimate of drug-likeness (QED) is 0.737. The first-order valence-corrected chi connectivity index (χ1v) is 8.00. The van der Waals surface area contributed by atoms with E-state index in [4.69, 9.17) is 0 Å². The molecule has 0 unspecified atom stereocenters. The molecule has 0 radical (unpaired) electrons. The number of hydrogen-bond acceptors (Lipinski definition) is 2. The number of hydrogen-bond donors (Lipinski definition) is 1. The first-order valence-electron chi connectivity index (χ1n) is 8.00. The first kappa shape index (κ1) is 17.2. The second-order valence-electron chi connectivity index (χ2n) is 6.15. The molecular formula is C18H32N2. The van der Waals surface area contributed by atoms with Gasteiger partial charge in [0.1, 0.15) is 0 Å². The number of aryl methyl sites for hydroxylation is 1. The molecule has 0 aliphatic carbocycles. The lowest BCUT2D eigenvalue weighted by Gasteiger charge is -2.36. The second kappa shape index (κ2) is 8.43. The summed E-state index contributed by atoms with van der Waals surface area (Å²) in [5.41, 5.74) is 3.16. The van der Waals surface area contributed by atoms with Gasteiger partial charge in [-0.25, -0.2) is 0 Å². The van der Waals surface area contributed by atoms with E-state index in [0.29, 0.717) is 5.41 Å². The van der Waals surface area contributed by atoms with Crippen molar-refractivity contribution in [1.82, 2.24) is 10.2 Å². The lowest BCUT2D eigenvalue weighted by Crippen LogP contribution is -2.42. The Balaban J connectivity index is 2.63. The summed E-state index contributed by atoms with van der Waals surface area (Å²) in [4.78, 5) is 2.47. The molecule has 0 saturated heterocycles. The van der Waals surface area contributed by atoms with Crippen LogP contribution in [0.15, 0.2) is 24.3 Å². The van der Waals surface area contributed by atoms with E-state index in [1.165, 1.54) is 24.0 Å². The molecule has 0 aliphatic heterocycles. The van der Waals surface area contributed by atoms with Crippen molar-refractivity contribution in [2.24, 2.45) is 5.41 Å². The third-order valence-corrected chi connectivity index (χ3v) is 4.39. The van der Waals surface area contributed by atoms with Gasteiger partial charge in [-0.3, -0.25) is 0 Å². The molecule has 2 heteroatoms. The van der Waals surface area contributed by atoms with Crippen LogP contribution < -0.4 is 5.32 Å². The number of benzene rings is 1. The fourth-order valence-corrected chi connectivity index (χ4v) is 2.92. The van der Waals surface area contributed by atoms with Gasteiger partial charge in [-0.2, -0.15) is 0 Å². The van der Waals surface area contributed by atoms with Crippen molar-refractivity contribution in [2.75, 3.05) is 26.7 Å². The number of rotatable bonds is 9. The maximum absolute atomic E-state index is 3.54. The Morgan fingerprint density at radius 1 is 1.15 bits per heavy atom. The van der Waals surface area contributed by atoms with E-state index in [-0.39, 0.29) is 0 Å². The smallest absolute Gasteiger partial charge is 0.0231 e. The van der Waals surface area contributed by atoms with Gasteiger partial charge >= 0.3 is 0 Å². The topological polar surface area (TPSA) is 15.3 Å². The molecule has 0 fully saturated rings. The molecule has 20 heavy (non-hydrogen) atoms. The standard InChI is InChI=1S/C18H32N2/c1-6-18(7-2,14-19-8-3)15-20(5)13-17-11-9-10-16(4)12-17/h9-12,19H,6-8,13-15H2,1-5H3. The van der Waals surface area contributed by atoms with Gasteiger partial charge in [-0.05, 0) is 44.3 Å². The molecule has 0 heterocycles. The van der Waals surface area contributed by atoms with Gasteiger partial charge in [0.15, 0.2) is 0 Å². The van der Waals surface area contributed by atoms with Crippen LogP contribution in [-0.4, -0.2) is 31.6 Å². The average molecular weight is 276 g/mol. The minimum absolute atomic E-state index is 0.397. The highest BCUT2D eigenvalue weighted by Crippen LogP contribution is 2.27. The molecule has 1 aromatic carbocycles. The molecule has 0 spiro atoms. The van der Waals surface area contributed by atoms with Crippen molar-refractivity contribution in [3.63, 3.8) is 0 Å². The van der Waals surface area contributed by atoms with Crippen LogP contribution in [0.5, 0.6) is 0 Å². The van der Waals surface area contributed by atoms with Crippen LogP contribution in [0, 0.1) is 12.3 Å². The van der Waals surface area contributed by atoms with Crippen molar-refractivity contribution in [2.45, 2.75) is 47.1 Å². The summed E-state index contributed by atoms with van der Waals surface area (Å²) in [6.45, 7) is 13.4. The Kier molecular flexibility index (Phi) is 7.25. The third-order valence-electron chi connectivity index (χ3n) is 4.39. The summed E-state index contributed by atoms with van der Waals surface area (Å²) in [5, 5.41) is 3.54. The lowest BCUT2D eigenvalue weighted by molar-refractivity contribution is 0.151. The second-order valence-corrected chi connectivity index (χ2v) is 6.15. The minimum Gasteiger partial charge on any atom is -0.316 e. The largest absolute Gasteiger partial charge is 0.316 e. The van der Waals surface area contributed by atoms with Crippen LogP contribution in [0.4, 0.5) is 0 Å². The summed E-state index contributed by atoms with van der Waals surface area (Å²) in [6.07, 6.45) is 2.46. The van der Waals surface area contributed by atoms with Gasteiger partial charge in [-0.1, -0.05) is 50.6 Å². The maximum Gasteiger partial charge on any atom is 0.0231 e. The van der Waals surface area contributed by atoms with Crippen molar-refractivity contribution in [3.8, 4) is 0 Å². The number of nitrogens with zero attached hydrogens (tertiary/aromatic N) is 1. The highest BCUT2D eigenvalue weighted by atomic mass is 15.1. The molecule has 0 aliphatic rings. The van der Waals surface area contributed by atoms with Crippen LogP contribution in [0.1, 0.15) is 44.7 Å². The zero-order chi connectivity index (χ0) is 15.0. The Bertz CT molecular complexity index is 383. The molecule has 2 nitrogen and oxygen atoms in total. The SMILES string of the molecule is CCNCC(CC)(CC)CN(C)Cc1cccc(C)c1. The fraction of sp³-hybridized carbons (Fsp3) is 0.667. The molecule has 0 bridgehead atoms. The van der Waals surface area contributed by atoms with Gasteiger partial charge in [0, 0.05) is 19.6 Å². The molecule has 0 aromatic heterocycles. The van der Waals surface area contributed by atoms with E-state index >= 15 is 0 Å². The molecule has 0 atom stereocenters. The van der Waals surface area contributed by atoms with Crippen LogP contribution in [0.3, 0.4) is 0 Å². The summed E-state index contributed by atoms with van der Waals surface area (Å²) in [7, 11) is 2.24. The monoisotopic (exact) mass is 276 g/mol. The summed E-state index contributed by atoms with van der Waals surface area (Å²) in [5.74, 6) is 0. The molecule has 1 aromatic rings. The third kappa shape index (κ3) is 5.26. The van der Waals surface area contributed by atoms with E-state index in [0.717, 1.165) is 26.2 Å². The van der Waals surface area contributed by atoms with Gasteiger partial charge in [-0.15, -0.1) is 0 Å². The molecular weight excluding hydrogens is 244 g/mol. The van der Waals surface area contributed by atoms with Gasteiger partial charge in [0.2, 0.25) is 0 Å². The predicted molar refractivity (Wildman–Crippen MR) is 89.1 cm³/mol. The highest BCUT2D eigenvalue weighted by molar-refractivity contribution is 5.22. The first-order chi connectivity index (χ1) is 9.55. The Morgan fingerprint density at radius 2 is 1.85 bits per heavy atom. The zero-order valence-corrected chi connectivity index (χ0v) is 14.0. The summed E-state index contributed by atoms with van der Waals surface area (Å²) >= 11 is 0. The summed E-state index contributed by atoms with van der Waals surface area (Å²) < 4.78 is 0. The molecule has 0 amide bonds.